The molecule has 92 valence electrons. The van der Waals surface area contributed by atoms with Crippen molar-refractivity contribution in [3.63, 3.8) is 0 Å². The monoisotopic (exact) mass is 225 g/mol. The average molecular weight is 225 g/mol. The second-order valence-electron chi connectivity index (χ2n) is 5.47. The number of amides is 2. The predicted molar refractivity (Wildman–Crippen MR) is 64.4 cm³/mol. The molecule has 4 heteroatoms. The van der Waals surface area contributed by atoms with Crippen LogP contribution in [0, 0.1) is 5.41 Å². The molecule has 2 amide bonds. The Labute approximate surface area is 98.2 Å². The highest BCUT2D eigenvalue weighted by molar-refractivity contribution is 5.74. The third-order valence-corrected chi connectivity index (χ3v) is 4.07. The Balaban J connectivity index is 1.81. The van der Waals surface area contributed by atoms with Crippen LogP contribution in [0.3, 0.4) is 0 Å². The number of rotatable bonds is 1. The SMILES string of the molecule is CCN1CCC2(CC1)CN(C(=O)N(C)C)C2. The largest absolute Gasteiger partial charge is 0.331 e. The number of likely N-dealkylation sites (tertiary alicyclic amines) is 2. The van der Waals surface area contributed by atoms with Gasteiger partial charge in [-0.05, 0) is 32.5 Å². The van der Waals surface area contributed by atoms with E-state index in [1.165, 1.54) is 25.9 Å². The van der Waals surface area contributed by atoms with Gasteiger partial charge in [0.15, 0.2) is 0 Å². The van der Waals surface area contributed by atoms with Crippen molar-refractivity contribution in [1.29, 1.82) is 0 Å². The van der Waals surface area contributed by atoms with E-state index in [0.717, 1.165) is 19.6 Å². The first-order valence-electron chi connectivity index (χ1n) is 6.25. The van der Waals surface area contributed by atoms with E-state index in [2.05, 4.69) is 11.8 Å². The van der Waals surface area contributed by atoms with Crippen molar-refractivity contribution in [2.75, 3.05) is 46.8 Å². The molecular weight excluding hydrogens is 202 g/mol. The number of carbonyl (C=O) groups is 1. The zero-order valence-electron chi connectivity index (χ0n) is 10.7. The standard InChI is InChI=1S/C12H23N3O/c1-4-14-7-5-12(6-8-14)9-15(10-12)11(16)13(2)3/h4-10H2,1-3H3. The first kappa shape index (κ1) is 11.7. The normalized spacial score (nSPS) is 24.3. The van der Waals surface area contributed by atoms with E-state index < -0.39 is 0 Å². The molecule has 2 rings (SSSR count). The molecule has 0 aromatic heterocycles. The minimum Gasteiger partial charge on any atom is -0.331 e. The van der Waals surface area contributed by atoms with Gasteiger partial charge in [0, 0.05) is 32.6 Å². The molecule has 2 saturated heterocycles. The molecular formula is C12H23N3O. The van der Waals surface area contributed by atoms with E-state index in [1.807, 2.05) is 19.0 Å². The number of hydrogen-bond acceptors (Lipinski definition) is 2. The van der Waals surface area contributed by atoms with E-state index in [-0.39, 0.29) is 6.03 Å². The molecule has 0 saturated carbocycles. The summed E-state index contributed by atoms with van der Waals surface area (Å²) >= 11 is 0. The summed E-state index contributed by atoms with van der Waals surface area (Å²) < 4.78 is 0. The van der Waals surface area contributed by atoms with Crippen molar-refractivity contribution < 1.29 is 4.79 Å². The van der Waals surface area contributed by atoms with Crippen molar-refractivity contribution in [3.05, 3.63) is 0 Å². The zero-order chi connectivity index (χ0) is 11.8. The van der Waals surface area contributed by atoms with E-state index in [4.69, 9.17) is 0 Å². The lowest BCUT2D eigenvalue weighted by Gasteiger charge is -2.54. The maximum atomic E-state index is 11.7. The fourth-order valence-electron chi connectivity index (χ4n) is 2.84. The highest BCUT2D eigenvalue weighted by Gasteiger charge is 2.46. The molecule has 4 nitrogen and oxygen atoms in total. The number of hydrogen-bond donors (Lipinski definition) is 0. The first-order valence-corrected chi connectivity index (χ1v) is 6.25. The average Bonchev–Trinajstić information content (AvgIpc) is 2.25. The Hall–Kier alpha value is -0.770. The summed E-state index contributed by atoms with van der Waals surface area (Å²) in [6, 6.07) is 0.170. The van der Waals surface area contributed by atoms with Gasteiger partial charge in [0.25, 0.3) is 0 Å². The van der Waals surface area contributed by atoms with Crippen LogP contribution >= 0.6 is 0 Å². The van der Waals surface area contributed by atoms with E-state index >= 15 is 0 Å². The molecule has 0 radical (unpaired) electrons. The van der Waals surface area contributed by atoms with Crippen molar-refractivity contribution in [2.24, 2.45) is 5.41 Å². The number of nitrogens with zero attached hydrogens (tertiary/aromatic N) is 3. The van der Waals surface area contributed by atoms with E-state index in [1.54, 1.807) is 4.90 Å². The van der Waals surface area contributed by atoms with Gasteiger partial charge >= 0.3 is 6.03 Å². The fourth-order valence-corrected chi connectivity index (χ4v) is 2.84. The van der Waals surface area contributed by atoms with Crippen molar-refractivity contribution >= 4 is 6.03 Å². The lowest BCUT2D eigenvalue weighted by Crippen LogP contribution is -2.63. The third-order valence-electron chi connectivity index (χ3n) is 4.07. The zero-order valence-corrected chi connectivity index (χ0v) is 10.7. The highest BCUT2D eigenvalue weighted by Crippen LogP contribution is 2.40. The van der Waals surface area contributed by atoms with Gasteiger partial charge in [-0.1, -0.05) is 6.92 Å². The first-order chi connectivity index (χ1) is 7.56. The highest BCUT2D eigenvalue weighted by atomic mass is 16.2. The summed E-state index contributed by atoms with van der Waals surface area (Å²) in [4.78, 5) is 17.9. The molecule has 0 N–H and O–H groups in total. The Morgan fingerprint density at radius 1 is 1.25 bits per heavy atom. The molecule has 2 aliphatic heterocycles. The summed E-state index contributed by atoms with van der Waals surface area (Å²) in [6.07, 6.45) is 2.52. The molecule has 2 heterocycles. The van der Waals surface area contributed by atoms with Crippen molar-refractivity contribution in [2.45, 2.75) is 19.8 Å². The van der Waals surface area contributed by atoms with E-state index in [0.29, 0.717) is 5.41 Å². The summed E-state index contributed by atoms with van der Waals surface area (Å²) in [5.74, 6) is 0. The molecule has 0 unspecified atom stereocenters. The van der Waals surface area contributed by atoms with Crippen molar-refractivity contribution in [1.82, 2.24) is 14.7 Å². The predicted octanol–water partition coefficient (Wildman–Crippen LogP) is 1.09. The van der Waals surface area contributed by atoms with Gasteiger partial charge < -0.3 is 14.7 Å². The minimum absolute atomic E-state index is 0.170. The smallest absolute Gasteiger partial charge is 0.319 e. The van der Waals surface area contributed by atoms with Crippen molar-refractivity contribution in [3.8, 4) is 0 Å². The number of urea groups is 1. The van der Waals surface area contributed by atoms with E-state index in [9.17, 15) is 4.79 Å². The van der Waals surface area contributed by atoms with Crippen LogP contribution in [0.2, 0.25) is 0 Å². The quantitative estimate of drug-likeness (QED) is 0.668. The topological polar surface area (TPSA) is 26.8 Å². The Morgan fingerprint density at radius 3 is 2.25 bits per heavy atom. The number of carbonyl (C=O) groups excluding carboxylic acids is 1. The van der Waals surface area contributed by atoms with Crippen LogP contribution in [0.5, 0.6) is 0 Å². The number of piperidine rings is 1. The Bertz CT molecular complexity index is 261. The second kappa shape index (κ2) is 4.24. The maximum absolute atomic E-state index is 11.7. The summed E-state index contributed by atoms with van der Waals surface area (Å²) in [6.45, 7) is 7.75. The van der Waals surface area contributed by atoms with Gasteiger partial charge in [-0.3, -0.25) is 0 Å². The molecule has 0 aromatic rings. The fraction of sp³-hybridized carbons (Fsp3) is 0.917. The maximum Gasteiger partial charge on any atom is 0.319 e. The lowest BCUT2D eigenvalue weighted by atomic mass is 9.72. The Morgan fingerprint density at radius 2 is 1.81 bits per heavy atom. The molecule has 2 aliphatic rings. The molecule has 1 spiro atoms. The van der Waals surface area contributed by atoms with Crippen LogP contribution in [0.25, 0.3) is 0 Å². The van der Waals surface area contributed by atoms with Gasteiger partial charge in [0.05, 0.1) is 0 Å². The third kappa shape index (κ3) is 2.03. The second-order valence-corrected chi connectivity index (χ2v) is 5.47. The van der Waals surface area contributed by atoms with Crippen LogP contribution in [0.15, 0.2) is 0 Å². The van der Waals surface area contributed by atoms with Gasteiger partial charge in [-0.15, -0.1) is 0 Å². The van der Waals surface area contributed by atoms with Gasteiger partial charge in [-0.2, -0.15) is 0 Å². The summed E-state index contributed by atoms with van der Waals surface area (Å²) in [5.41, 5.74) is 0.456. The van der Waals surface area contributed by atoms with Crippen LogP contribution in [-0.2, 0) is 0 Å². The minimum atomic E-state index is 0.170. The Kier molecular flexibility index (Phi) is 3.10. The van der Waals surface area contributed by atoms with Gasteiger partial charge in [-0.25, -0.2) is 4.79 Å². The molecule has 2 fully saturated rings. The summed E-state index contributed by atoms with van der Waals surface area (Å²) in [7, 11) is 3.65. The molecule has 0 atom stereocenters. The molecule has 0 aromatic carbocycles. The lowest BCUT2D eigenvalue weighted by molar-refractivity contribution is -0.0260. The molecule has 0 aliphatic carbocycles. The molecule has 0 bridgehead atoms. The van der Waals surface area contributed by atoms with Crippen LogP contribution in [0.1, 0.15) is 19.8 Å². The molecule has 16 heavy (non-hydrogen) atoms. The van der Waals surface area contributed by atoms with Crippen LogP contribution in [-0.4, -0.2) is 67.5 Å². The van der Waals surface area contributed by atoms with Gasteiger partial charge in [0.2, 0.25) is 0 Å². The van der Waals surface area contributed by atoms with Gasteiger partial charge in [0.1, 0.15) is 0 Å². The summed E-state index contributed by atoms with van der Waals surface area (Å²) in [5, 5.41) is 0. The van der Waals surface area contributed by atoms with Crippen LogP contribution in [0.4, 0.5) is 4.79 Å². The van der Waals surface area contributed by atoms with Crippen LogP contribution < -0.4 is 0 Å².